The number of phenolic OH excluding ortho intramolecular Hbond substituents is 1. The highest BCUT2D eigenvalue weighted by atomic mass is 16.3. The van der Waals surface area contributed by atoms with E-state index in [9.17, 15) is 5.11 Å². The van der Waals surface area contributed by atoms with E-state index in [-0.39, 0.29) is 5.75 Å². The molecule has 3 heterocycles. The second kappa shape index (κ2) is 7.59. The van der Waals surface area contributed by atoms with Gasteiger partial charge in [0.2, 0.25) is 0 Å². The number of hydrogen-bond acceptors (Lipinski definition) is 6. The van der Waals surface area contributed by atoms with Crippen LogP contribution < -0.4 is 11.1 Å². The Morgan fingerprint density at radius 2 is 2.07 bits per heavy atom. The van der Waals surface area contributed by atoms with Crippen LogP contribution >= 0.6 is 0 Å². The molecular weight excluding hydrogens is 362 g/mol. The lowest BCUT2D eigenvalue weighted by molar-refractivity contribution is 0.463. The van der Waals surface area contributed by atoms with Gasteiger partial charge in [-0.2, -0.15) is 0 Å². The summed E-state index contributed by atoms with van der Waals surface area (Å²) >= 11 is 0. The lowest BCUT2D eigenvalue weighted by atomic mass is 9.88. The van der Waals surface area contributed by atoms with Gasteiger partial charge < -0.3 is 16.2 Å². The molecule has 6 heteroatoms. The zero-order chi connectivity index (χ0) is 19.8. The van der Waals surface area contributed by atoms with Gasteiger partial charge >= 0.3 is 0 Å². The predicted molar refractivity (Wildman–Crippen MR) is 115 cm³/mol. The molecule has 1 saturated carbocycles. The molecule has 29 heavy (non-hydrogen) atoms. The summed E-state index contributed by atoms with van der Waals surface area (Å²) in [6.45, 7) is 1.95. The van der Waals surface area contributed by atoms with Gasteiger partial charge in [0.15, 0.2) is 5.65 Å². The molecule has 4 N–H and O–H groups in total. The minimum absolute atomic E-state index is 0.278. The van der Waals surface area contributed by atoms with E-state index in [1.807, 2.05) is 6.07 Å². The quantitative estimate of drug-likeness (QED) is 0.614. The third-order valence-electron chi connectivity index (χ3n) is 6.30. The number of nitrogen functional groups attached to an aromatic ring is 1. The second-order valence-corrected chi connectivity index (χ2v) is 8.39. The fraction of sp³-hybridized carbons (Fsp3) is 0.435. The van der Waals surface area contributed by atoms with Crippen molar-refractivity contribution in [2.75, 3.05) is 18.8 Å². The molecule has 0 radical (unpaired) electrons. The third kappa shape index (κ3) is 3.65. The van der Waals surface area contributed by atoms with E-state index in [0.717, 1.165) is 66.0 Å². The number of benzene rings is 1. The van der Waals surface area contributed by atoms with Crippen LogP contribution in [0.15, 0.2) is 30.6 Å². The summed E-state index contributed by atoms with van der Waals surface area (Å²) in [5.41, 5.74) is 10.7. The van der Waals surface area contributed by atoms with Crippen molar-refractivity contribution in [2.24, 2.45) is 5.92 Å². The molecule has 0 spiro atoms. The lowest BCUT2D eigenvalue weighted by Crippen LogP contribution is -2.28. The van der Waals surface area contributed by atoms with Crippen LogP contribution in [0.2, 0.25) is 0 Å². The average Bonchev–Trinajstić information content (AvgIpc) is 3.57. The molecule has 1 aromatic carbocycles. The maximum atomic E-state index is 10.7. The SMILES string of the molecule is Nc1ncnc2nc(-c3c(O)cccc3CCC3CC3)cc(C3CCCNC3)c12. The predicted octanol–water partition coefficient (Wildman–Crippen LogP) is 3.79. The van der Waals surface area contributed by atoms with Crippen molar-refractivity contribution in [1.29, 1.82) is 0 Å². The summed E-state index contributed by atoms with van der Waals surface area (Å²) in [5, 5.41) is 15.1. The number of aryl methyl sites for hydroxylation is 1. The third-order valence-corrected chi connectivity index (χ3v) is 6.30. The Morgan fingerprint density at radius 3 is 2.86 bits per heavy atom. The number of nitrogens with one attached hydrogen (secondary N) is 1. The number of phenols is 1. The second-order valence-electron chi connectivity index (χ2n) is 8.39. The van der Waals surface area contributed by atoms with Crippen LogP contribution in [0.5, 0.6) is 5.75 Å². The van der Waals surface area contributed by atoms with E-state index in [0.29, 0.717) is 17.4 Å². The van der Waals surface area contributed by atoms with Gasteiger partial charge in [-0.1, -0.05) is 25.0 Å². The normalized spacial score (nSPS) is 19.5. The molecule has 2 aliphatic rings. The fourth-order valence-corrected chi connectivity index (χ4v) is 4.54. The number of aromatic nitrogens is 3. The van der Waals surface area contributed by atoms with Crippen molar-refractivity contribution in [3.8, 4) is 17.0 Å². The zero-order valence-corrected chi connectivity index (χ0v) is 16.6. The maximum Gasteiger partial charge on any atom is 0.165 e. The Kier molecular flexibility index (Phi) is 4.79. The van der Waals surface area contributed by atoms with Crippen molar-refractivity contribution in [2.45, 2.75) is 44.4 Å². The van der Waals surface area contributed by atoms with E-state index in [2.05, 4.69) is 27.4 Å². The molecule has 3 aromatic rings. The number of nitrogens with two attached hydrogens (primary N) is 1. The van der Waals surface area contributed by atoms with E-state index < -0.39 is 0 Å². The van der Waals surface area contributed by atoms with Crippen LogP contribution in [0.1, 0.15) is 49.1 Å². The van der Waals surface area contributed by atoms with E-state index in [4.69, 9.17) is 10.7 Å². The molecule has 1 atom stereocenters. The number of aromatic hydroxyl groups is 1. The molecule has 5 rings (SSSR count). The van der Waals surface area contributed by atoms with Crippen LogP contribution in [0.3, 0.4) is 0 Å². The lowest BCUT2D eigenvalue weighted by Gasteiger charge is -2.25. The summed E-state index contributed by atoms with van der Waals surface area (Å²) in [6.07, 6.45) is 8.47. The monoisotopic (exact) mass is 389 g/mol. The number of rotatable bonds is 5. The number of pyridine rings is 1. The molecule has 0 bridgehead atoms. The van der Waals surface area contributed by atoms with Gasteiger partial charge in [0.1, 0.15) is 17.9 Å². The smallest absolute Gasteiger partial charge is 0.165 e. The Balaban J connectivity index is 1.66. The van der Waals surface area contributed by atoms with E-state index in [1.165, 1.54) is 25.6 Å². The summed E-state index contributed by atoms with van der Waals surface area (Å²) in [4.78, 5) is 13.5. The Labute approximate surface area is 170 Å². The number of piperidine rings is 1. The first-order valence-electron chi connectivity index (χ1n) is 10.6. The molecule has 1 aliphatic heterocycles. The van der Waals surface area contributed by atoms with E-state index in [1.54, 1.807) is 6.07 Å². The van der Waals surface area contributed by atoms with Gasteiger partial charge in [-0.15, -0.1) is 0 Å². The van der Waals surface area contributed by atoms with Crippen LogP contribution in [0, 0.1) is 5.92 Å². The highest BCUT2D eigenvalue weighted by Crippen LogP contribution is 2.40. The van der Waals surface area contributed by atoms with Crippen LogP contribution in [-0.4, -0.2) is 33.1 Å². The standard InChI is InChI=1S/C23H27N5O/c24-22-21-17(16-4-2-10-25-12-16)11-18(28-23(21)27-13-26-22)20-15(3-1-5-19(20)29)9-8-14-6-7-14/h1,3,5,11,13-14,16,25,29H,2,4,6-10,12H2,(H2,24,26,27,28). The number of fused-ring (bicyclic) bond motifs is 1. The zero-order valence-electron chi connectivity index (χ0n) is 16.6. The Morgan fingerprint density at radius 1 is 1.17 bits per heavy atom. The Bertz CT molecular complexity index is 1040. The molecule has 150 valence electrons. The van der Waals surface area contributed by atoms with Crippen molar-refractivity contribution in [3.63, 3.8) is 0 Å². The molecular formula is C23H27N5O. The molecule has 6 nitrogen and oxygen atoms in total. The Hall–Kier alpha value is -2.73. The first-order chi connectivity index (χ1) is 14.2. The first kappa shape index (κ1) is 18.3. The molecule has 1 aliphatic carbocycles. The highest BCUT2D eigenvalue weighted by Gasteiger charge is 2.24. The van der Waals surface area contributed by atoms with Crippen molar-refractivity contribution in [3.05, 3.63) is 41.7 Å². The largest absolute Gasteiger partial charge is 0.507 e. The van der Waals surface area contributed by atoms with Gasteiger partial charge in [0.05, 0.1) is 11.1 Å². The summed E-state index contributed by atoms with van der Waals surface area (Å²) in [6, 6.07) is 7.89. The minimum Gasteiger partial charge on any atom is -0.507 e. The minimum atomic E-state index is 0.278. The summed E-state index contributed by atoms with van der Waals surface area (Å²) in [7, 11) is 0. The van der Waals surface area contributed by atoms with Crippen molar-refractivity contribution >= 4 is 16.9 Å². The summed E-state index contributed by atoms with van der Waals surface area (Å²) < 4.78 is 0. The van der Waals surface area contributed by atoms with Crippen LogP contribution in [-0.2, 0) is 6.42 Å². The van der Waals surface area contributed by atoms with Gasteiger partial charge in [-0.05, 0) is 67.3 Å². The van der Waals surface area contributed by atoms with Gasteiger partial charge in [-0.25, -0.2) is 15.0 Å². The average molecular weight is 390 g/mol. The van der Waals surface area contributed by atoms with Crippen molar-refractivity contribution < 1.29 is 5.11 Å². The van der Waals surface area contributed by atoms with E-state index >= 15 is 0 Å². The molecule has 2 aromatic heterocycles. The number of nitrogens with zero attached hydrogens (tertiary/aromatic N) is 3. The maximum absolute atomic E-state index is 10.7. The highest BCUT2D eigenvalue weighted by molar-refractivity contribution is 5.91. The summed E-state index contributed by atoms with van der Waals surface area (Å²) in [5.74, 6) is 1.93. The van der Waals surface area contributed by atoms with Gasteiger partial charge in [-0.3, -0.25) is 0 Å². The number of hydrogen-bond donors (Lipinski definition) is 3. The topological polar surface area (TPSA) is 97.0 Å². The fourth-order valence-electron chi connectivity index (χ4n) is 4.54. The van der Waals surface area contributed by atoms with Crippen LogP contribution in [0.4, 0.5) is 5.82 Å². The molecule has 1 saturated heterocycles. The first-order valence-corrected chi connectivity index (χ1v) is 10.6. The number of anilines is 1. The van der Waals surface area contributed by atoms with Gasteiger partial charge in [0.25, 0.3) is 0 Å². The van der Waals surface area contributed by atoms with Gasteiger partial charge in [0, 0.05) is 12.1 Å². The molecule has 0 amide bonds. The van der Waals surface area contributed by atoms with Crippen molar-refractivity contribution in [1.82, 2.24) is 20.3 Å². The van der Waals surface area contributed by atoms with Crippen LogP contribution in [0.25, 0.3) is 22.3 Å². The molecule has 2 fully saturated rings. The molecule has 1 unspecified atom stereocenters.